The second kappa shape index (κ2) is 7.14. The molecule has 0 aliphatic carbocycles. The maximum absolute atomic E-state index is 12.4. The molecule has 7 heteroatoms. The first-order chi connectivity index (χ1) is 12.1. The van der Waals surface area contributed by atoms with Crippen LogP contribution in [0.4, 0.5) is 16.2 Å². The second-order valence-corrected chi connectivity index (χ2v) is 6.04. The van der Waals surface area contributed by atoms with E-state index in [1.54, 1.807) is 48.5 Å². The molecule has 1 heterocycles. The molecule has 0 atom stereocenters. The molecular weight excluding hydrogens is 340 g/mol. The van der Waals surface area contributed by atoms with Gasteiger partial charge in [0.05, 0.1) is 21.1 Å². The molecular formula is C18H12N2O4S. The van der Waals surface area contributed by atoms with Crippen molar-refractivity contribution >= 4 is 40.4 Å². The van der Waals surface area contributed by atoms with Crippen molar-refractivity contribution in [3.63, 3.8) is 0 Å². The number of allylic oxidation sites excluding steroid dienone is 2. The van der Waals surface area contributed by atoms with Gasteiger partial charge in [0.2, 0.25) is 0 Å². The van der Waals surface area contributed by atoms with Crippen LogP contribution in [0.2, 0.25) is 0 Å². The third-order valence-corrected chi connectivity index (χ3v) is 4.35. The lowest BCUT2D eigenvalue weighted by Gasteiger charge is -2.11. The predicted molar refractivity (Wildman–Crippen MR) is 97.1 cm³/mol. The van der Waals surface area contributed by atoms with Gasteiger partial charge < -0.3 is 0 Å². The third kappa shape index (κ3) is 3.51. The first kappa shape index (κ1) is 16.7. The minimum atomic E-state index is -0.469. The average Bonchev–Trinajstić information content (AvgIpc) is 2.90. The minimum absolute atomic E-state index is 0.0236. The summed E-state index contributed by atoms with van der Waals surface area (Å²) in [6.07, 6.45) is 4.56. The van der Waals surface area contributed by atoms with E-state index in [0.717, 1.165) is 16.7 Å². The standard InChI is InChI=1S/C18H12N2O4S/c21-17-16(25-18(22)19(17)14-9-2-1-3-10-14)12-6-8-13-7-4-5-11-15(13)20(23)24/h1-12H/b8-6+,16-12+. The molecule has 0 saturated carbocycles. The number of hydrogen-bond donors (Lipinski definition) is 0. The van der Waals surface area contributed by atoms with Crippen molar-refractivity contribution in [1.82, 2.24) is 0 Å². The number of anilines is 1. The van der Waals surface area contributed by atoms with Gasteiger partial charge in [0.25, 0.3) is 16.8 Å². The molecule has 2 aromatic rings. The van der Waals surface area contributed by atoms with E-state index >= 15 is 0 Å². The lowest BCUT2D eigenvalue weighted by Crippen LogP contribution is -2.27. The summed E-state index contributed by atoms with van der Waals surface area (Å²) < 4.78 is 0. The summed E-state index contributed by atoms with van der Waals surface area (Å²) in [4.78, 5) is 36.4. The lowest BCUT2D eigenvalue weighted by molar-refractivity contribution is -0.385. The molecule has 25 heavy (non-hydrogen) atoms. The van der Waals surface area contributed by atoms with Crippen LogP contribution in [0.25, 0.3) is 6.08 Å². The molecule has 3 rings (SSSR count). The molecule has 124 valence electrons. The van der Waals surface area contributed by atoms with Crippen molar-refractivity contribution in [2.45, 2.75) is 0 Å². The van der Waals surface area contributed by atoms with Gasteiger partial charge in [0.15, 0.2) is 0 Å². The van der Waals surface area contributed by atoms with E-state index in [0.29, 0.717) is 11.3 Å². The number of nitro benzene ring substituents is 1. The van der Waals surface area contributed by atoms with Gasteiger partial charge in [-0.1, -0.05) is 36.4 Å². The Morgan fingerprint density at radius 2 is 1.68 bits per heavy atom. The van der Waals surface area contributed by atoms with Crippen LogP contribution in [0.1, 0.15) is 5.56 Å². The Morgan fingerprint density at radius 3 is 2.40 bits per heavy atom. The summed E-state index contributed by atoms with van der Waals surface area (Å²) in [6.45, 7) is 0. The number of nitro groups is 1. The number of benzene rings is 2. The van der Waals surface area contributed by atoms with Crippen LogP contribution in [-0.2, 0) is 4.79 Å². The van der Waals surface area contributed by atoms with E-state index < -0.39 is 10.8 Å². The van der Waals surface area contributed by atoms with Gasteiger partial charge >= 0.3 is 0 Å². The average molecular weight is 352 g/mol. The number of carbonyl (C=O) groups excluding carboxylic acids is 2. The van der Waals surface area contributed by atoms with Crippen LogP contribution in [0.3, 0.4) is 0 Å². The maximum Gasteiger partial charge on any atom is 0.298 e. The maximum atomic E-state index is 12.4. The van der Waals surface area contributed by atoms with Crippen LogP contribution < -0.4 is 4.90 Å². The highest BCUT2D eigenvalue weighted by Gasteiger charge is 2.35. The number of thioether (sulfide) groups is 1. The Bertz CT molecular complexity index is 906. The number of rotatable bonds is 4. The number of hydrogen-bond acceptors (Lipinski definition) is 5. The van der Waals surface area contributed by atoms with Gasteiger partial charge in [-0.2, -0.15) is 0 Å². The molecule has 1 aliphatic heterocycles. The van der Waals surface area contributed by atoms with Crippen LogP contribution in [0.5, 0.6) is 0 Å². The highest BCUT2D eigenvalue weighted by atomic mass is 32.2. The third-order valence-electron chi connectivity index (χ3n) is 3.46. The zero-order chi connectivity index (χ0) is 17.8. The van der Waals surface area contributed by atoms with Crippen molar-refractivity contribution in [2.24, 2.45) is 0 Å². The number of imide groups is 1. The summed E-state index contributed by atoms with van der Waals surface area (Å²) in [5, 5.41) is 10.6. The lowest BCUT2D eigenvalue weighted by atomic mass is 10.1. The van der Waals surface area contributed by atoms with E-state index in [-0.39, 0.29) is 15.8 Å². The molecule has 0 unspecified atom stereocenters. The van der Waals surface area contributed by atoms with E-state index in [1.165, 1.54) is 24.3 Å². The molecule has 2 amide bonds. The summed E-state index contributed by atoms with van der Waals surface area (Å²) in [7, 11) is 0. The Kier molecular flexibility index (Phi) is 4.76. The van der Waals surface area contributed by atoms with Gasteiger partial charge in [0, 0.05) is 6.07 Å². The first-order valence-electron chi connectivity index (χ1n) is 7.31. The van der Waals surface area contributed by atoms with Crippen LogP contribution in [0, 0.1) is 10.1 Å². The number of amides is 2. The fourth-order valence-electron chi connectivity index (χ4n) is 2.32. The molecule has 0 N–H and O–H groups in total. The second-order valence-electron chi connectivity index (χ2n) is 5.05. The molecule has 0 spiro atoms. The highest BCUT2D eigenvalue weighted by molar-refractivity contribution is 8.18. The van der Waals surface area contributed by atoms with Crippen molar-refractivity contribution in [3.8, 4) is 0 Å². The quantitative estimate of drug-likeness (QED) is 0.463. The van der Waals surface area contributed by atoms with E-state index in [1.807, 2.05) is 0 Å². The van der Waals surface area contributed by atoms with E-state index in [4.69, 9.17) is 0 Å². The van der Waals surface area contributed by atoms with Crippen LogP contribution in [0.15, 0.2) is 71.7 Å². The predicted octanol–water partition coefficient (Wildman–Crippen LogP) is 4.39. The fraction of sp³-hybridized carbons (Fsp3) is 0. The summed E-state index contributed by atoms with van der Waals surface area (Å²) in [6, 6.07) is 14.9. The Hall–Kier alpha value is -3.19. The molecule has 0 aromatic heterocycles. The Balaban J connectivity index is 1.83. The van der Waals surface area contributed by atoms with Gasteiger partial charge in [0.1, 0.15) is 0 Å². The fourth-order valence-corrected chi connectivity index (χ4v) is 3.11. The molecule has 6 nitrogen and oxygen atoms in total. The van der Waals surface area contributed by atoms with Crippen molar-refractivity contribution < 1.29 is 14.5 Å². The highest BCUT2D eigenvalue weighted by Crippen LogP contribution is 2.34. The Labute approximate surface area is 147 Å². The molecule has 1 saturated heterocycles. The van der Waals surface area contributed by atoms with Gasteiger partial charge in [-0.25, -0.2) is 4.90 Å². The largest absolute Gasteiger partial charge is 0.298 e. The zero-order valence-electron chi connectivity index (χ0n) is 12.9. The van der Waals surface area contributed by atoms with Crippen molar-refractivity contribution in [2.75, 3.05) is 4.90 Å². The van der Waals surface area contributed by atoms with Gasteiger partial charge in [-0.3, -0.25) is 19.7 Å². The number of carbonyl (C=O) groups is 2. The van der Waals surface area contributed by atoms with Crippen LogP contribution in [-0.4, -0.2) is 16.1 Å². The molecule has 1 aliphatic rings. The van der Waals surface area contributed by atoms with Gasteiger partial charge in [-0.05, 0) is 42.1 Å². The summed E-state index contributed by atoms with van der Waals surface area (Å²) in [5.41, 5.74) is 0.909. The zero-order valence-corrected chi connectivity index (χ0v) is 13.7. The Morgan fingerprint density at radius 1 is 1.00 bits per heavy atom. The number of nitrogens with zero attached hydrogens (tertiary/aromatic N) is 2. The summed E-state index contributed by atoms with van der Waals surface area (Å²) >= 11 is 0.836. The van der Waals surface area contributed by atoms with Crippen molar-refractivity contribution in [1.29, 1.82) is 0 Å². The monoisotopic (exact) mass is 352 g/mol. The number of para-hydroxylation sites is 2. The first-order valence-corrected chi connectivity index (χ1v) is 8.12. The SMILES string of the molecule is O=C1S/C(=C/C=C/c2ccccc2[N+](=O)[O-])C(=O)N1c1ccccc1. The minimum Gasteiger partial charge on any atom is -0.268 e. The molecule has 1 fully saturated rings. The molecule has 0 bridgehead atoms. The van der Waals surface area contributed by atoms with Gasteiger partial charge in [-0.15, -0.1) is 0 Å². The molecule has 2 aromatic carbocycles. The topological polar surface area (TPSA) is 80.5 Å². The van der Waals surface area contributed by atoms with Crippen LogP contribution >= 0.6 is 11.8 Å². The van der Waals surface area contributed by atoms with E-state index in [9.17, 15) is 19.7 Å². The summed E-state index contributed by atoms with van der Waals surface area (Å²) in [5.74, 6) is -0.409. The normalized spacial score (nSPS) is 16.2. The smallest absolute Gasteiger partial charge is 0.268 e. The van der Waals surface area contributed by atoms with E-state index in [2.05, 4.69) is 0 Å². The molecule has 0 radical (unpaired) electrons. The van der Waals surface area contributed by atoms with Crippen molar-refractivity contribution in [3.05, 3.63) is 87.3 Å².